The van der Waals surface area contributed by atoms with Crippen molar-refractivity contribution in [1.29, 1.82) is 5.41 Å². The molecule has 15 heavy (non-hydrogen) atoms. The highest BCUT2D eigenvalue weighted by atomic mass is 15.5. The summed E-state index contributed by atoms with van der Waals surface area (Å²) in [7, 11) is 0. The Labute approximate surface area is 92.9 Å². The van der Waals surface area contributed by atoms with Gasteiger partial charge in [-0.1, -0.05) is 0 Å². The van der Waals surface area contributed by atoms with E-state index in [1.807, 2.05) is 0 Å². The van der Waals surface area contributed by atoms with E-state index in [2.05, 4.69) is 37.5 Å². The zero-order valence-corrected chi connectivity index (χ0v) is 10.3. The first-order valence-electron chi connectivity index (χ1n) is 6.19. The number of rotatable bonds is 2. The number of hydrogen-bond donors (Lipinski definition) is 1. The Morgan fingerprint density at radius 1 is 1.00 bits per heavy atom. The second-order valence-electron chi connectivity index (χ2n) is 5.39. The van der Waals surface area contributed by atoms with Gasteiger partial charge in [0.05, 0.1) is 12.1 Å². The average molecular weight is 209 g/mol. The van der Waals surface area contributed by atoms with Crippen LogP contribution >= 0.6 is 0 Å². The average Bonchev–Trinajstić information content (AvgIpc) is 2.60. The minimum atomic E-state index is 0.465. The van der Waals surface area contributed by atoms with Crippen LogP contribution in [0.4, 0.5) is 0 Å². The number of fused-ring (bicyclic) bond motifs is 1. The number of nitrogens with one attached hydrogen (secondary N) is 1. The summed E-state index contributed by atoms with van der Waals surface area (Å²) in [6, 6.07) is 2.15. The summed E-state index contributed by atoms with van der Waals surface area (Å²) in [6.07, 6.45) is 3.87. The van der Waals surface area contributed by atoms with Crippen molar-refractivity contribution in [1.82, 2.24) is 9.80 Å². The van der Waals surface area contributed by atoms with Gasteiger partial charge in [-0.2, -0.15) is 0 Å². The van der Waals surface area contributed by atoms with Crippen LogP contribution in [0.15, 0.2) is 0 Å². The van der Waals surface area contributed by atoms with Gasteiger partial charge in [-0.15, -0.1) is 0 Å². The van der Waals surface area contributed by atoms with Crippen LogP contribution in [0.1, 0.15) is 47.0 Å². The van der Waals surface area contributed by atoms with Crippen molar-refractivity contribution < 1.29 is 0 Å². The fourth-order valence-corrected chi connectivity index (χ4v) is 3.27. The van der Waals surface area contributed by atoms with E-state index in [-0.39, 0.29) is 0 Å². The van der Waals surface area contributed by atoms with Gasteiger partial charge in [0.2, 0.25) is 0 Å². The van der Waals surface area contributed by atoms with Crippen LogP contribution in [0.5, 0.6) is 0 Å². The summed E-state index contributed by atoms with van der Waals surface area (Å²) >= 11 is 0. The highest BCUT2D eigenvalue weighted by Crippen LogP contribution is 2.37. The lowest BCUT2D eigenvalue weighted by molar-refractivity contribution is 0.250. The number of hydrogen-bond acceptors (Lipinski definition) is 1. The fraction of sp³-hybridized carbons (Fsp3) is 0.917. The monoisotopic (exact) mass is 209 g/mol. The predicted molar refractivity (Wildman–Crippen MR) is 63.1 cm³/mol. The molecule has 2 rings (SSSR count). The zero-order valence-electron chi connectivity index (χ0n) is 10.3. The van der Waals surface area contributed by atoms with E-state index in [0.29, 0.717) is 24.2 Å². The first kappa shape index (κ1) is 10.8. The number of guanidine groups is 1. The van der Waals surface area contributed by atoms with Crippen molar-refractivity contribution in [2.45, 2.75) is 71.1 Å². The van der Waals surface area contributed by atoms with Gasteiger partial charge in [0.1, 0.15) is 0 Å². The van der Waals surface area contributed by atoms with Crippen molar-refractivity contribution in [3.8, 4) is 0 Å². The minimum Gasteiger partial charge on any atom is -0.336 e. The molecule has 0 aromatic heterocycles. The lowest BCUT2D eigenvalue weighted by Gasteiger charge is -2.30. The summed E-state index contributed by atoms with van der Waals surface area (Å²) in [5, 5.41) is 8.27. The van der Waals surface area contributed by atoms with E-state index in [1.54, 1.807) is 0 Å². The third-order valence-corrected chi connectivity index (χ3v) is 3.76. The molecule has 1 saturated carbocycles. The summed E-state index contributed by atoms with van der Waals surface area (Å²) in [5.74, 6) is 0.759. The Balaban J connectivity index is 2.26. The second kappa shape index (κ2) is 3.69. The van der Waals surface area contributed by atoms with Crippen LogP contribution in [-0.2, 0) is 0 Å². The normalized spacial score (nSPS) is 30.9. The third-order valence-electron chi connectivity index (χ3n) is 3.76. The zero-order chi connectivity index (χ0) is 11.2. The summed E-state index contributed by atoms with van der Waals surface area (Å²) in [4.78, 5) is 4.63. The van der Waals surface area contributed by atoms with Crippen molar-refractivity contribution in [3.05, 3.63) is 0 Å². The molecular formula is C12H23N3. The lowest BCUT2D eigenvalue weighted by Crippen LogP contribution is -2.42. The van der Waals surface area contributed by atoms with Crippen molar-refractivity contribution >= 4 is 5.96 Å². The quantitative estimate of drug-likeness (QED) is 0.756. The van der Waals surface area contributed by atoms with Gasteiger partial charge in [-0.05, 0) is 47.0 Å². The molecule has 2 atom stereocenters. The van der Waals surface area contributed by atoms with Gasteiger partial charge in [0, 0.05) is 12.1 Å². The summed E-state index contributed by atoms with van der Waals surface area (Å²) in [6.45, 7) is 8.81. The molecule has 2 aliphatic rings. The molecule has 0 bridgehead atoms. The molecule has 3 heteroatoms. The van der Waals surface area contributed by atoms with Gasteiger partial charge in [-0.3, -0.25) is 5.41 Å². The Bertz CT molecular complexity index is 236. The van der Waals surface area contributed by atoms with E-state index in [4.69, 9.17) is 5.41 Å². The molecule has 1 aliphatic carbocycles. The van der Waals surface area contributed by atoms with Crippen molar-refractivity contribution in [2.75, 3.05) is 0 Å². The standard InChI is InChI=1S/C12H23N3/c1-8(2)14-10-6-5-7-11(10)15(9(3)4)12(14)13/h8-11,13H,5-7H2,1-4H3. The molecule has 0 aromatic rings. The van der Waals surface area contributed by atoms with Gasteiger partial charge in [0.25, 0.3) is 0 Å². The molecule has 0 amide bonds. The van der Waals surface area contributed by atoms with Crippen LogP contribution < -0.4 is 0 Å². The smallest absolute Gasteiger partial charge is 0.194 e. The maximum absolute atomic E-state index is 8.27. The Morgan fingerprint density at radius 2 is 1.40 bits per heavy atom. The summed E-state index contributed by atoms with van der Waals surface area (Å²) < 4.78 is 0. The lowest BCUT2D eigenvalue weighted by atomic mass is 10.1. The van der Waals surface area contributed by atoms with Crippen molar-refractivity contribution in [3.63, 3.8) is 0 Å². The maximum Gasteiger partial charge on any atom is 0.194 e. The molecule has 2 fully saturated rings. The SMILES string of the molecule is CC(C)N1C(=N)N(C(C)C)C2CCCC21. The molecular weight excluding hydrogens is 186 g/mol. The summed E-state index contributed by atoms with van der Waals surface area (Å²) in [5.41, 5.74) is 0. The van der Waals surface area contributed by atoms with Crippen molar-refractivity contribution in [2.24, 2.45) is 0 Å². The molecule has 1 N–H and O–H groups in total. The van der Waals surface area contributed by atoms with Crippen LogP contribution in [0.3, 0.4) is 0 Å². The first-order chi connectivity index (χ1) is 7.04. The molecule has 1 saturated heterocycles. The van der Waals surface area contributed by atoms with Crippen LogP contribution in [0, 0.1) is 5.41 Å². The molecule has 1 heterocycles. The molecule has 0 aromatic carbocycles. The van der Waals surface area contributed by atoms with E-state index < -0.39 is 0 Å². The predicted octanol–water partition coefficient (Wildman–Crippen LogP) is 2.28. The largest absolute Gasteiger partial charge is 0.336 e. The molecule has 86 valence electrons. The Kier molecular flexibility index (Phi) is 2.65. The Hall–Kier alpha value is -0.730. The fourth-order valence-electron chi connectivity index (χ4n) is 3.27. The minimum absolute atomic E-state index is 0.465. The highest BCUT2D eigenvalue weighted by molar-refractivity contribution is 5.81. The van der Waals surface area contributed by atoms with E-state index in [0.717, 1.165) is 5.96 Å². The first-order valence-corrected chi connectivity index (χ1v) is 6.19. The molecule has 3 nitrogen and oxygen atoms in total. The van der Waals surface area contributed by atoms with E-state index >= 15 is 0 Å². The van der Waals surface area contributed by atoms with Gasteiger partial charge in [0.15, 0.2) is 5.96 Å². The van der Waals surface area contributed by atoms with Gasteiger partial charge >= 0.3 is 0 Å². The van der Waals surface area contributed by atoms with E-state index in [9.17, 15) is 0 Å². The van der Waals surface area contributed by atoms with E-state index in [1.165, 1.54) is 19.3 Å². The maximum atomic E-state index is 8.27. The van der Waals surface area contributed by atoms with Gasteiger partial charge in [-0.25, -0.2) is 0 Å². The van der Waals surface area contributed by atoms with Crippen LogP contribution in [0.2, 0.25) is 0 Å². The van der Waals surface area contributed by atoms with Crippen LogP contribution in [-0.4, -0.2) is 39.9 Å². The molecule has 0 spiro atoms. The van der Waals surface area contributed by atoms with Gasteiger partial charge < -0.3 is 9.80 Å². The molecule has 2 unspecified atom stereocenters. The second-order valence-corrected chi connectivity index (χ2v) is 5.39. The highest BCUT2D eigenvalue weighted by Gasteiger charge is 2.47. The molecule has 1 aliphatic heterocycles. The Morgan fingerprint density at radius 3 is 1.73 bits per heavy atom. The number of nitrogens with zero attached hydrogens (tertiary/aromatic N) is 2. The topological polar surface area (TPSA) is 30.3 Å². The third kappa shape index (κ3) is 1.52. The molecule has 0 radical (unpaired) electrons. The van der Waals surface area contributed by atoms with Crippen LogP contribution in [0.25, 0.3) is 0 Å².